The number of hydrogen-bond donors (Lipinski definition) is 2. The van der Waals surface area contributed by atoms with E-state index >= 15 is 0 Å². The highest BCUT2D eigenvalue weighted by Gasteiger charge is 2.06. The van der Waals surface area contributed by atoms with Crippen molar-refractivity contribution in [3.05, 3.63) is 34.3 Å². The molecule has 0 bridgehead atoms. The third-order valence-electron chi connectivity index (χ3n) is 2.74. The van der Waals surface area contributed by atoms with Crippen molar-refractivity contribution >= 4 is 17.0 Å². The van der Waals surface area contributed by atoms with Crippen molar-refractivity contribution in [3.8, 4) is 0 Å². The summed E-state index contributed by atoms with van der Waals surface area (Å²) in [6, 6.07) is 5.43. The summed E-state index contributed by atoms with van der Waals surface area (Å²) in [4.78, 5) is 22.2. The Morgan fingerprint density at radius 1 is 1.50 bits per heavy atom. The molecule has 0 aliphatic heterocycles. The summed E-state index contributed by atoms with van der Waals surface area (Å²) in [7, 11) is 1.64. The average molecular weight is 250 g/mol. The van der Waals surface area contributed by atoms with E-state index in [-0.39, 0.29) is 0 Å². The number of aryl methyl sites for hydroxylation is 1. The number of oxazole rings is 1. The minimum Gasteiger partial charge on any atom is -0.408 e. The number of aliphatic hydroxyl groups excluding tert-OH is 1. The zero-order valence-electron chi connectivity index (χ0n) is 9.97. The number of hydrogen-bond acceptors (Lipinski definition) is 4. The monoisotopic (exact) mass is 250 g/mol. The summed E-state index contributed by atoms with van der Waals surface area (Å²) in [6.07, 6.45) is 0.626. The molecule has 0 saturated heterocycles. The number of carbonyl (C=O) groups excluding carboxylic acids is 1. The van der Waals surface area contributed by atoms with Crippen molar-refractivity contribution in [2.45, 2.75) is 6.42 Å². The minimum absolute atomic E-state index is 0.393. The van der Waals surface area contributed by atoms with Crippen LogP contribution in [0.5, 0.6) is 0 Å². The predicted molar refractivity (Wildman–Crippen MR) is 65.3 cm³/mol. The molecule has 1 heterocycles. The van der Waals surface area contributed by atoms with Gasteiger partial charge in [-0.3, -0.25) is 9.36 Å². The van der Waals surface area contributed by atoms with Crippen LogP contribution in [-0.4, -0.2) is 28.7 Å². The first-order valence-electron chi connectivity index (χ1n) is 5.58. The molecule has 2 aromatic rings. The van der Waals surface area contributed by atoms with Crippen molar-refractivity contribution < 1.29 is 14.3 Å². The van der Waals surface area contributed by atoms with Gasteiger partial charge in [0, 0.05) is 13.6 Å². The molecule has 0 aliphatic carbocycles. The third kappa shape index (κ3) is 2.43. The van der Waals surface area contributed by atoms with Crippen LogP contribution in [0.1, 0.15) is 5.56 Å². The summed E-state index contributed by atoms with van der Waals surface area (Å²) in [5, 5.41) is 11.1. The average Bonchev–Trinajstić information content (AvgIpc) is 2.65. The molecular formula is C12H14N2O4. The highest BCUT2D eigenvalue weighted by Crippen LogP contribution is 2.14. The molecule has 0 saturated carbocycles. The molecule has 2 N–H and O–H groups in total. The lowest BCUT2D eigenvalue weighted by molar-refractivity contribution is -0.123. The van der Waals surface area contributed by atoms with E-state index in [9.17, 15) is 9.59 Å². The molecule has 0 radical (unpaired) electrons. The van der Waals surface area contributed by atoms with Gasteiger partial charge in [-0.2, -0.15) is 0 Å². The summed E-state index contributed by atoms with van der Waals surface area (Å²) < 4.78 is 6.45. The van der Waals surface area contributed by atoms with Gasteiger partial charge >= 0.3 is 5.76 Å². The molecule has 0 aliphatic rings. The van der Waals surface area contributed by atoms with Gasteiger partial charge in [-0.25, -0.2) is 4.79 Å². The summed E-state index contributed by atoms with van der Waals surface area (Å²) in [5.74, 6) is -0.789. The van der Waals surface area contributed by atoms with Crippen LogP contribution >= 0.6 is 0 Å². The van der Waals surface area contributed by atoms with E-state index < -0.39 is 18.3 Å². The molecule has 0 unspecified atom stereocenters. The second-order valence-electron chi connectivity index (χ2n) is 3.99. The van der Waals surface area contributed by atoms with Gasteiger partial charge in [0.05, 0.1) is 5.52 Å². The van der Waals surface area contributed by atoms with Gasteiger partial charge in [0.15, 0.2) is 5.58 Å². The van der Waals surface area contributed by atoms with Gasteiger partial charge in [0.1, 0.15) is 6.61 Å². The highest BCUT2D eigenvalue weighted by molar-refractivity contribution is 5.77. The Hall–Kier alpha value is -2.08. The van der Waals surface area contributed by atoms with Crippen molar-refractivity contribution in [3.63, 3.8) is 0 Å². The molecule has 0 spiro atoms. The number of aliphatic hydroxyl groups is 1. The maximum absolute atomic E-state index is 11.3. The van der Waals surface area contributed by atoms with Crippen LogP contribution in [0.3, 0.4) is 0 Å². The maximum Gasteiger partial charge on any atom is 0.419 e. The van der Waals surface area contributed by atoms with Crippen LogP contribution in [0, 0.1) is 0 Å². The fraction of sp³-hybridized carbons (Fsp3) is 0.333. The molecule has 2 rings (SSSR count). The Morgan fingerprint density at radius 3 is 3.00 bits per heavy atom. The van der Waals surface area contributed by atoms with E-state index in [4.69, 9.17) is 9.52 Å². The fourth-order valence-electron chi connectivity index (χ4n) is 1.73. The Balaban J connectivity index is 2.12. The number of carbonyl (C=O) groups is 1. The van der Waals surface area contributed by atoms with E-state index in [1.807, 2.05) is 12.1 Å². The largest absolute Gasteiger partial charge is 0.419 e. The number of amides is 1. The number of rotatable bonds is 4. The second-order valence-corrected chi connectivity index (χ2v) is 3.99. The smallest absolute Gasteiger partial charge is 0.408 e. The summed E-state index contributed by atoms with van der Waals surface area (Å²) >= 11 is 0. The van der Waals surface area contributed by atoms with E-state index in [0.717, 1.165) is 11.1 Å². The van der Waals surface area contributed by atoms with Crippen LogP contribution in [0.25, 0.3) is 11.1 Å². The molecule has 18 heavy (non-hydrogen) atoms. The zero-order chi connectivity index (χ0) is 13.1. The van der Waals surface area contributed by atoms with Gasteiger partial charge in [-0.05, 0) is 24.1 Å². The van der Waals surface area contributed by atoms with E-state index in [0.29, 0.717) is 18.5 Å². The molecule has 1 aromatic heterocycles. The van der Waals surface area contributed by atoms with Crippen LogP contribution in [0.2, 0.25) is 0 Å². The van der Waals surface area contributed by atoms with Gasteiger partial charge in [-0.1, -0.05) is 6.07 Å². The molecule has 1 amide bonds. The maximum atomic E-state index is 11.3. The molecule has 0 fully saturated rings. The van der Waals surface area contributed by atoms with Crippen molar-refractivity contribution in [2.75, 3.05) is 13.2 Å². The summed E-state index contributed by atoms with van der Waals surface area (Å²) in [6.45, 7) is -0.0635. The van der Waals surface area contributed by atoms with Gasteiger partial charge in [-0.15, -0.1) is 0 Å². The second kappa shape index (κ2) is 5.05. The first kappa shape index (κ1) is 12.4. The lowest BCUT2D eigenvalue weighted by Gasteiger charge is -2.03. The Labute approximate surface area is 103 Å². The minimum atomic E-state index is -0.505. The normalized spacial score (nSPS) is 10.8. The van der Waals surface area contributed by atoms with Crippen molar-refractivity contribution in [1.82, 2.24) is 9.88 Å². The van der Waals surface area contributed by atoms with Crippen LogP contribution in [0.4, 0.5) is 0 Å². The van der Waals surface area contributed by atoms with E-state index in [2.05, 4.69) is 5.32 Å². The molecule has 6 heteroatoms. The van der Waals surface area contributed by atoms with Crippen LogP contribution in [-0.2, 0) is 18.3 Å². The van der Waals surface area contributed by atoms with Crippen molar-refractivity contribution in [1.29, 1.82) is 0 Å². The number of nitrogens with one attached hydrogen (secondary N) is 1. The predicted octanol–water partition coefficient (Wildman–Crippen LogP) is -0.218. The third-order valence-corrected chi connectivity index (χ3v) is 2.74. The lowest BCUT2D eigenvalue weighted by atomic mass is 10.1. The zero-order valence-corrected chi connectivity index (χ0v) is 9.97. The highest BCUT2D eigenvalue weighted by atomic mass is 16.4. The van der Waals surface area contributed by atoms with E-state index in [1.165, 1.54) is 4.57 Å². The Kier molecular flexibility index (Phi) is 3.47. The molecular weight excluding hydrogens is 236 g/mol. The molecule has 0 atom stereocenters. The fourth-order valence-corrected chi connectivity index (χ4v) is 1.73. The number of aromatic nitrogens is 1. The van der Waals surface area contributed by atoms with E-state index in [1.54, 1.807) is 13.1 Å². The van der Waals surface area contributed by atoms with Gasteiger partial charge < -0.3 is 14.8 Å². The Morgan fingerprint density at radius 2 is 2.28 bits per heavy atom. The topological polar surface area (TPSA) is 84.5 Å². The van der Waals surface area contributed by atoms with Gasteiger partial charge in [0.2, 0.25) is 5.91 Å². The Bertz CT molecular complexity index is 627. The number of fused-ring (bicyclic) bond motifs is 1. The SMILES string of the molecule is Cn1c(=O)oc2ccc(CCNC(=O)CO)cc21. The molecule has 96 valence electrons. The van der Waals surface area contributed by atoms with Crippen molar-refractivity contribution in [2.24, 2.45) is 7.05 Å². The first-order chi connectivity index (χ1) is 8.61. The quantitative estimate of drug-likeness (QED) is 0.786. The van der Waals surface area contributed by atoms with Crippen LogP contribution < -0.4 is 11.1 Å². The number of benzene rings is 1. The number of nitrogens with zero attached hydrogens (tertiary/aromatic N) is 1. The molecule has 1 aromatic carbocycles. The first-order valence-corrected chi connectivity index (χ1v) is 5.58. The summed E-state index contributed by atoms with van der Waals surface area (Å²) in [5.41, 5.74) is 2.26. The van der Waals surface area contributed by atoms with Gasteiger partial charge in [0.25, 0.3) is 0 Å². The molecule has 6 nitrogen and oxygen atoms in total. The standard InChI is InChI=1S/C12H14N2O4/c1-14-9-6-8(4-5-13-11(16)7-15)2-3-10(9)18-12(14)17/h2-3,6,15H,4-5,7H2,1H3,(H,13,16). The van der Waals surface area contributed by atoms with Crippen LogP contribution in [0.15, 0.2) is 27.4 Å². The lowest BCUT2D eigenvalue weighted by Crippen LogP contribution is -2.28.